The lowest BCUT2D eigenvalue weighted by Gasteiger charge is -2.35. The molecule has 1 aliphatic rings. The molecule has 2 rings (SSSR count). The molecular weight excluding hydrogens is 276 g/mol. The van der Waals surface area contributed by atoms with Crippen LogP contribution in [0, 0.1) is 0 Å². The SMILES string of the molecule is CC(C)(C)NC[C@H](O)c1cccc(NC2CC(F)(F)C2)n1. The Kier molecular flexibility index (Phi) is 4.49. The lowest BCUT2D eigenvalue weighted by atomic mass is 9.88. The van der Waals surface area contributed by atoms with Crippen LogP contribution in [0.1, 0.15) is 45.4 Å². The summed E-state index contributed by atoms with van der Waals surface area (Å²) in [5.74, 6) is -2.02. The molecule has 118 valence electrons. The summed E-state index contributed by atoms with van der Waals surface area (Å²) < 4.78 is 25.6. The molecule has 6 heteroatoms. The summed E-state index contributed by atoms with van der Waals surface area (Å²) in [6.45, 7) is 6.44. The van der Waals surface area contributed by atoms with E-state index in [4.69, 9.17) is 0 Å². The first-order valence-electron chi connectivity index (χ1n) is 7.19. The number of aliphatic hydroxyl groups excluding tert-OH is 1. The van der Waals surface area contributed by atoms with Gasteiger partial charge in [0.15, 0.2) is 0 Å². The molecule has 4 nitrogen and oxygen atoms in total. The molecule has 0 radical (unpaired) electrons. The number of aliphatic hydroxyl groups is 1. The average Bonchev–Trinajstić information content (AvgIpc) is 2.33. The Hall–Kier alpha value is -1.27. The second-order valence-corrected chi connectivity index (χ2v) is 6.70. The number of anilines is 1. The third-order valence-corrected chi connectivity index (χ3v) is 3.38. The van der Waals surface area contributed by atoms with E-state index in [2.05, 4.69) is 15.6 Å². The monoisotopic (exact) mass is 299 g/mol. The molecule has 1 saturated carbocycles. The smallest absolute Gasteiger partial charge is 0.252 e. The van der Waals surface area contributed by atoms with Gasteiger partial charge in [0.2, 0.25) is 0 Å². The van der Waals surface area contributed by atoms with Gasteiger partial charge in [-0.25, -0.2) is 13.8 Å². The summed E-state index contributed by atoms with van der Waals surface area (Å²) in [6.07, 6.45) is -1.05. The first-order chi connectivity index (χ1) is 9.65. The van der Waals surface area contributed by atoms with Crippen molar-refractivity contribution in [3.63, 3.8) is 0 Å². The molecule has 1 atom stereocenters. The maximum Gasteiger partial charge on any atom is 0.252 e. The van der Waals surface area contributed by atoms with Crippen molar-refractivity contribution in [1.29, 1.82) is 0 Å². The van der Waals surface area contributed by atoms with Crippen molar-refractivity contribution in [3.05, 3.63) is 23.9 Å². The van der Waals surface area contributed by atoms with Crippen molar-refractivity contribution in [2.45, 2.75) is 57.2 Å². The molecule has 21 heavy (non-hydrogen) atoms. The summed E-state index contributed by atoms with van der Waals surface area (Å²) in [5, 5.41) is 16.3. The standard InChI is InChI=1S/C15H23F2N3O/c1-14(2,3)18-9-12(21)11-5-4-6-13(20-11)19-10-7-15(16,17)8-10/h4-6,10,12,18,21H,7-9H2,1-3H3,(H,19,20)/t12-/m0/s1. The van der Waals surface area contributed by atoms with E-state index in [0.717, 1.165) is 0 Å². The predicted molar refractivity (Wildman–Crippen MR) is 78.5 cm³/mol. The van der Waals surface area contributed by atoms with E-state index >= 15 is 0 Å². The topological polar surface area (TPSA) is 57.2 Å². The molecule has 3 N–H and O–H groups in total. The molecule has 0 amide bonds. The molecule has 1 aromatic heterocycles. The van der Waals surface area contributed by atoms with Crippen LogP contribution < -0.4 is 10.6 Å². The molecule has 1 aromatic rings. The van der Waals surface area contributed by atoms with E-state index in [1.54, 1.807) is 18.2 Å². The number of pyridine rings is 1. The Balaban J connectivity index is 1.91. The minimum atomic E-state index is -2.55. The van der Waals surface area contributed by atoms with Crippen LogP contribution in [0.3, 0.4) is 0 Å². The van der Waals surface area contributed by atoms with Crippen molar-refractivity contribution >= 4 is 5.82 Å². The van der Waals surface area contributed by atoms with E-state index < -0.39 is 12.0 Å². The van der Waals surface area contributed by atoms with Crippen molar-refractivity contribution in [1.82, 2.24) is 10.3 Å². The van der Waals surface area contributed by atoms with Crippen LogP contribution in [0.2, 0.25) is 0 Å². The Morgan fingerprint density at radius 1 is 1.38 bits per heavy atom. The van der Waals surface area contributed by atoms with E-state index in [1.807, 2.05) is 20.8 Å². The van der Waals surface area contributed by atoms with Gasteiger partial charge in [-0.05, 0) is 32.9 Å². The Bertz CT molecular complexity index is 480. The number of hydrogen-bond donors (Lipinski definition) is 3. The van der Waals surface area contributed by atoms with Crippen LogP contribution in [-0.4, -0.2) is 34.1 Å². The van der Waals surface area contributed by atoms with E-state index in [9.17, 15) is 13.9 Å². The zero-order chi connectivity index (χ0) is 15.7. The highest BCUT2D eigenvalue weighted by molar-refractivity contribution is 5.38. The van der Waals surface area contributed by atoms with Gasteiger partial charge in [0.05, 0.1) is 5.69 Å². The molecule has 0 aliphatic heterocycles. The zero-order valence-electron chi connectivity index (χ0n) is 12.7. The second kappa shape index (κ2) is 5.85. The predicted octanol–water partition coefficient (Wildman–Crippen LogP) is 2.71. The summed E-state index contributed by atoms with van der Waals surface area (Å²) in [7, 11) is 0. The van der Waals surface area contributed by atoms with Gasteiger partial charge < -0.3 is 15.7 Å². The minimum absolute atomic E-state index is 0.0889. The molecule has 1 fully saturated rings. The largest absolute Gasteiger partial charge is 0.385 e. The van der Waals surface area contributed by atoms with Gasteiger partial charge in [0.25, 0.3) is 5.92 Å². The molecule has 1 aliphatic carbocycles. The number of halogens is 2. The number of β-amino-alcohol motifs (C(OH)–C–C–N with tert-alkyl or cyclic N) is 1. The molecule has 0 bridgehead atoms. The quantitative estimate of drug-likeness (QED) is 0.782. The number of alkyl halides is 2. The van der Waals surface area contributed by atoms with Gasteiger partial charge >= 0.3 is 0 Å². The number of aromatic nitrogens is 1. The van der Waals surface area contributed by atoms with Gasteiger partial charge in [-0.1, -0.05) is 6.07 Å². The van der Waals surface area contributed by atoms with Crippen molar-refractivity contribution in [2.24, 2.45) is 0 Å². The molecule has 0 spiro atoms. The lowest BCUT2D eigenvalue weighted by Crippen LogP contribution is -2.44. The third kappa shape index (κ3) is 4.89. The fourth-order valence-corrected chi connectivity index (χ4v) is 2.20. The molecule has 0 saturated heterocycles. The van der Waals surface area contributed by atoms with E-state index in [0.29, 0.717) is 18.1 Å². The average molecular weight is 299 g/mol. The fraction of sp³-hybridized carbons (Fsp3) is 0.667. The lowest BCUT2D eigenvalue weighted by molar-refractivity contribution is -0.0794. The van der Waals surface area contributed by atoms with Crippen LogP contribution in [0.25, 0.3) is 0 Å². The summed E-state index contributed by atoms with van der Waals surface area (Å²) in [4.78, 5) is 4.30. The van der Waals surface area contributed by atoms with Crippen molar-refractivity contribution in [2.75, 3.05) is 11.9 Å². The first-order valence-corrected chi connectivity index (χ1v) is 7.19. The van der Waals surface area contributed by atoms with Crippen LogP contribution in [0.5, 0.6) is 0 Å². The maximum atomic E-state index is 12.8. The molecule has 1 heterocycles. The van der Waals surface area contributed by atoms with E-state index in [1.165, 1.54) is 0 Å². The molecule has 0 aromatic carbocycles. The van der Waals surface area contributed by atoms with Gasteiger partial charge in [-0.3, -0.25) is 0 Å². The number of nitrogens with zero attached hydrogens (tertiary/aromatic N) is 1. The Morgan fingerprint density at radius 2 is 2.05 bits per heavy atom. The molecular formula is C15H23F2N3O. The minimum Gasteiger partial charge on any atom is -0.385 e. The number of rotatable bonds is 5. The van der Waals surface area contributed by atoms with Gasteiger partial charge in [0, 0.05) is 31.0 Å². The second-order valence-electron chi connectivity index (χ2n) is 6.70. The number of hydrogen-bond acceptors (Lipinski definition) is 4. The van der Waals surface area contributed by atoms with Crippen molar-refractivity contribution in [3.8, 4) is 0 Å². The molecule has 0 unspecified atom stereocenters. The number of nitrogens with one attached hydrogen (secondary N) is 2. The highest BCUT2D eigenvalue weighted by atomic mass is 19.3. The van der Waals surface area contributed by atoms with Crippen molar-refractivity contribution < 1.29 is 13.9 Å². The third-order valence-electron chi connectivity index (χ3n) is 3.38. The zero-order valence-corrected chi connectivity index (χ0v) is 12.7. The first kappa shape index (κ1) is 16.1. The maximum absolute atomic E-state index is 12.8. The van der Waals surface area contributed by atoms with Crippen LogP contribution >= 0.6 is 0 Å². The van der Waals surface area contributed by atoms with Crippen LogP contribution in [0.4, 0.5) is 14.6 Å². The van der Waals surface area contributed by atoms with E-state index in [-0.39, 0.29) is 24.4 Å². The van der Waals surface area contributed by atoms with Crippen LogP contribution in [0.15, 0.2) is 18.2 Å². The van der Waals surface area contributed by atoms with Gasteiger partial charge in [-0.15, -0.1) is 0 Å². The summed E-state index contributed by atoms with van der Waals surface area (Å²) in [5.41, 5.74) is 0.441. The highest BCUT2D eigenvalue weighted by Crippen LogP contribution is 2.38. The normalized spacial score (nSPS) is 19.9. The highest BCUT2D eigenvalue weighted by Gasteiger charge is 2.45. The van der Waals surface area contributed by atoms with Crippen LogP contribution in [-0.2, 0) is 0 Å². The summed E-state index contributed by atoms with van der Waals surface area (Å²) >= 11 is 0. The Labute approximate surface area is 124 Å². The van der Waals surface area contributed by atoms with Gasteiger partial charge in [-0.2, -0.15) is 0 Å². The van der Waals surface area contributed by atoms with Gasteiger partial charge in [0.1, 0.15) is 11.9 Å². The Morgan fingerprint density at radius 3 is 2.62 bits per heavy atom. The fourth-order valence-electron chi connectivity index (χ4n) is 2.20. The summed E-state index contributed by atoms with van der Waals surface area (Å²) in [6, 6.07) is 4.98.